The molecule has 0 spiro atoms. The first-order valence-electron chi connectivity index (χ1n) is 8.29. The van der Waals surface area contributed by atoms with E-state index in [1.807, 2.05) is 20.8 Å². The molecule has 5 nitrogen and oxygen atoms in total. The number of Topliss-reactive ketones (excluding diaryl/α,β-unsaturated/α-hetero) is 1. The monoisotopic (exact) mass is 381 g/mol. The summed E-state index contributed by atoms with van der Waals surface area (Å²) < 4.78 is 42.1. The van der Waals surface area contributed by atoms with Gasteiger partial charge in [0.1, 0.15) is 16.3 Å². The van der Waals surface area contributed by atoms with E-state index in [2.05, 4.69) is 5.16 Å². The van der Waals surface area contributed by atoms with Gasteiger partial charge >= 0.3 is 0 Å². The second-order valence-electron chi connectivity index (χ2n) is 7.92. The number of halogens is 1. The van der Waals surface area contributed by atoms with Crippen molar-refractivity contribution in [3.8, 4) is 0 Å². The first-order chi connectivity index (χ1) is 11.8. The zero-order chi connectivity index (χ0) is 19.8. The van der Waals surface area contributed by atoms with Crippen molar-refractivity contribution in [2.75, 3.05) is 0 Å². The lowest BCUT2D eigenvalue weighted by Crippen LogP contribution is -2.42. The van der Waals surface area contributed by atoms with Crippen molar-refractivity contribution in [2.24, 2.45) is 0 Å². The van der Waals surface area contributed by atoms with Gasteiger partial charge in [-0.15, -0.1) is 0 Å². The van der Waals surface area contributed by atoms with Gasteiger partial charge in [-0.1, -0.05) is 38.1 Å². The predicted molar refractivity (Wildman–Crippen MR) is 97.0 cm³/mol. The maximum Gasteiger partial charge on any atom is 0.166 e. The third kappa shape index (κ3) is 4.38. The van der Waals surface area contributed by atoms with Crippen molar-refractivity contribution in [3.05, 3.63) is 53.2 Å². The molecule has 26 heavy (non-hydrogen) atoms. The highest BCUT2D eigenvalue weighted by Gasteiger charge is 2.41. The molecule has 7 heteroatoms. The van der Waals surface area contributed by atoms with Crippen molar-refractivity contribution in [1.29, 1.82) is 0 Å². The number of hydrogen-bond acceptors (Lipinski definition) is 5. The third-order valence-electron chi connectivity index (χ3n) is 4.38. The molecule has 0 amide bonds. The lowest BCUT2D eigenvalue weighted by atomic mass is 9.92. The Morgan fingerprint density at radius 3 is 2.19 bits per heavy atom. The maximum absolute atomic E-state index is 13.0. The van der Waals surface area contributed by atoms with E-state index in [0.717, 1.165) is 0 Å². The molecule has 1 aromatic carbocycles. The molecule has 0 unspecified atom stereocenters. The van der Waals surface area contributed by atoms with Crippen LogP contribution in [0.15, 0.2) is 34.9 Å². The summed E-state index contributed by atoms with van der Waals surface area (Å²) >= 11 is 0. The maximum atomic E-state index is 13.0. The molecular formula is C19H24FNO4S. The van der Waals surface area contributed by atoms with Crippen molar-refractivity contribution < 1.29 is 22.1 Å². The second-order valence-corrected chi connectivity index (χ2v) is 10.5. The quantitative estimate of drug-likeness (QED) is 0.764. The Morgan fingerprint density at radius 1 is 1.12 bits per heavy atom. The second kappa shape index (κ2) is 6.95. The van der Waals surface area contributed by atoms with Crippen LogP contribution < -0.4 is 0 Å². The summed E-state index contributed by atoms with van der Waals surface area (Å²) in [6.45, 7) is 8.67. The van der Waals surface area contributed by atoms with Gasteiger partial charge in [0, 0.05) is 11.5 Å². The van der Waals surface area contributed by atoms with Gasteiger partial charge < -0.3 is 4.52 Å². The minimum Gasteiger partial charge on any atom is -0.361 e. The number of ketones is 1. The van der Waals surface area contributed by atoms with Crippen LogP contribution in [0, 0.1) is 5.82 Å². The molecular weight excluding hydrogens is 357 g/mol. The molecule has 1 aromatic heterocycles. The van der Waals surface area contributed by atoms with Crippen LogP contribution in [0.25, 0.3) is 0 Å². The van der Waals surface area contributed by atoms with Crippen LogP contribution in [-0.4, -0.2) is 24.1 Å². The van der Waals surface area contributed by atoms with Gasteiger partial charge in [0.15, 0.2) is 15.6 Å². The van der Waals surface area contributed by atoms with Crippen molar-refractivity contribution in [1.82, 2.24) is 5.16 Å². The zero-order valence-electron chi connectivity index (χ0n) is 15.7. The first kappa shape index (κ1) is 20.3. The van der Waals surface area contributed by atoms with Gasteiger partial charge in [0.05, 0.1) is 17.9 Å². The average molecular weight is 381 g/mol. The Kier molecular flexibility index (Phi) is 5.42. The summed E-state index contributed by atoms with van der Waals surface area (Å²) in [5.41, 5.74) is 0.906. The molecule has 0 saturated heterocycles. The zero-order valence-corrected chi connectivity index (χ0v) is 16.5. The van der Waals surface area contributed by atoms with Gasteiger partial charge in [-0.05, 0) is 31.5 Å². The number of nitrogens with zero attached hydrogens (tertiary/aromatic N) is 1. The molecule has 0 radical (unpaired) electrons. The van der Waals surface area contributed by atoms with Crippen LogP contribution in [0.3, 0.4) is 0 Å². The Morgan fingerprint density at radius 2 is 1.69 bits per heavy atom. The average Bonchev–Trinajstić information content (AvgIpc) is 2.98. The number of carbonyl (C=O) groups is 1. The van der Waals surface area contributed by atoms with Crippen LogP contribution in [0.5, 0.6) is 0 Å². The Balaban J connectivity index is 2.17. The van der Waals surface area contributed by atoms with Crippen molar-refractivity contribution in [2.45, 2.75) is 57.0 Å². The van der Waals surface area contributed by atoms with E-state index in [4.69, 9.17) is 4.52 Å². The lowest BCUT2D eigenvalue weighted by Gasteiger charge is -2.23. The minimum atomic E-state index is -3.80. The predicted octanol–water partition coefficient (Wildman–Crippen LogP) is 3.62. The standard InChI is InChI=1S/C19H24FNO4S/c1-18(2,3)16-10-15(25-21-16)11-17(22)19(4,5)26(23,24)12-13-6-8-14(20)9-7-13/h6-10H,11-12H2,1-5H3. The molecule has 0 fully saturated rings. The Hall–Kier alpha value is -2.02. The summed E-state index contributed by atoms with van der Waals surface area (Å²) in [7, 11) is -3.80. The van der Waals surface area contributed by atoms with Crippen molar-refractivity contribution >= 4 is 15.6 Å². The van der Waals surface area contributed by atoms with E-state index in [0.29, 0.717) is 17.0 Å². The molecule has 0 aliphatic heterocycles. The topological polar surface area (TPSA) is 77.2 Å². The van der Waals surface area contributed by atoms with Gasteiger partial charge in [0.25, 0.3) is 0 Å². The van der Waals surface area contributed by atoms with E-state index < -0.39 is 26.2 Å². The number of benzene rings is 1. The Bertz CT molecular complexity index is 890. The van der Waals surface area contributed by atoms with E-state index >= 15 is 0 Å². The van der Waals surface area contributed by atoms with Crippen LogP contribution in [-0.2, 0) is 32.2 Å². The number of hydrogen-bond donors (Lipinski definition) is 0. The normalized spacial score (nSPS) is 13.0. The molecule has 0 saturated carbocycles. The largest absolute Gasteiger partial charge is 0.361 e. The third-order valence-corrected chi connectivity index (χ3v) is 6.88. The summed E-state index contributed by atoms with van der Waals surface area (Å²) in [6.07, 6.45) is -0.154. The van der Waals surface area contributed by atoms with E-state index in [1.54, 1.807) is 6.07 Å². The molecule has 142 valence electrons. The molecule has 0 aliphatic rings. The summed E-state index contributed by atoms with van der Waals surface area (Å²) in [5.74, 6) is -0.919. The fourth-order valence-corrected chi connectivity index (χ4v) is 3.69. The van der Waals surface area contributed by atoms with Gasteiger partial charge in [-0.3, -0.25) is 4.79 Å². The smallest absolute Gasteiger partial charge is 0.166 e. The molecule has 2 rings (SSSR count). The van der Waals surface area contributed by atoms with Crippen LogP contribution in [0.1, 0.15) is 51.6 Å². The summed E-state index contributed by atoms with van der Waals surface area (Å²) in [4.78, 5) is 12.7. The molecule has 2 aromatic rings. The number of aromatic nitrogens is 1. The minimum absolute atomic E-state index is 0.154. The van der Waals surface area contributed by atoms with Gasteiger partial charge in [-0.25, -0.2) is 12.8 Å². The van der Waals surface area contributed by atoms with Gasteiger partial charge in [0.2, 0.25) is 0 Å². The van der Waals surface area contributed by atoms with Gasteiger partial charge in [-0.2, -0.15) is 0 Å². The molecule has 0 aliphatic carbocycles. The molecule has 0 atom stereocenters. The van der Waals surface area contributed by atoms with E-state index in [9.17, 15) is 17.6 Å². The van der Waals surface area contributed by atoms with Crippen LogP contribution in [0.2, 0.25) is 0 Å². The van der Waals surface area contributed by atoms with Crippen LogP contribution >= 0.6 is 0 Å². The number of sulfone groups is 1. The molecule has 0 bridgehead atoms. The highest BCUT2D eigenvalue weighted by molar-refractivity contribution is 7.92. The molecule has 1 heterocycles. The van der Waals surface area contributed by atoms with E-state index in [-0.39, 0.29) is 17.6 Å². The van der Waals surface area contributed by atoms with Crippen LogP contribution in [0.4, 0.5) is 4.39 Å². The number of carbonyl (C=O) groups excluding carboxylic acids is 1. The molecule has 0 N–H and O–H groups in total. The lowest BCUT2D eigenvalue weighted by molar-refractivity contribution is -0.120. The Labute approximate surface area is 153 Å². The van der Waals surface area contributed by atoms with E-state index in [1.165, 1.54) is 38.1 Å². The highest BCUT2D eigenvalue weighted by atomic mass is 32.2. The number of rotatable bonds is 6. The fourth-order valence-electron chi connectivity index (χ4n) is 2.27. The van der Waals surface area contributed by atoms with Crippen molar-refractivity contribution in [3.63, 3.8) is 0 Å². The summed E-state index contributed by atoms with van der Waals surface area (Å²) in [5, 5.41) is 3.95. The fraction of sp³-hybridized carbons (Fsp3) is 0.474. The first-order valence-corrected chi connectivity index (χ1v) is 9.94. The SMILES string of the molecule is CC(C)(C)c1cc(CC(=O)C(C)(C)S(=O)(=O)Cc2ccc(F)cc2)on1. The highest BCUT2D eigenvalue weighted by Crippen LogP contribution is 2.26. The summed E-state index contributed by atoms with van der Waals surface area (Å²) in [6, 6.07) is 6.88.